The van der Waals surface area contributed by atoms with E-state index in [0.29, 0.717) is 11.3 Å². The van der Waals surface area contributed by atoms with Crippen molar-refractivity contribution in [2.75, 3.05) is 0 Å². The van der Waals surface area contributed by atoms with E-state index in [2.05, 4.69) is 54.0 Å². The van der Waals surface area contributed by atoms with Gasteiger partial charge in [0, 0.05) is 38.9 Å². The molecule has 33 heavy (non-hydrogen) atoms. The molecule has 3 N–H and O–H groups in total. The number of aliphatic imine (C=N–C) groups is 1. The normalized spacial score (nSPS) is 19.0. The monoisotopic (exact) mass is 442 g/mol. The minimum Gasteiger partial charge on any atom is -0.355 e. The highest BCUT2D eigenvalue weighted by molar-refractivity contribution is 6.30. The summed E-state index contributed by atoms with van der Waals surface area (Å²) in [5.41, 5.74) is 11.5. The highest BCUT2D eigenvalue weighted by atomic mass is 16.2. The molecule has 0 fully saturated rings. The molecule has 0 saturated heterocycles. The number of aromatic amines is 2. The van der Waals surface area contributed by atoms with E-state index in [1.807, 2.05) is 39.8 Å². The maximum atomic E-state index is 12.0. The first kappa shape index (κ1) is 22.5. The van der Waals surface area contributed by atoms with Crippen LogP contribution in [0.3, 0.4) is 0 Å². The molecule has 0 radical (unpaired) electrons. The van der Waals surface area contributed by atoms with Crippen molar-refractivity contribution < 1.29 is 9.59 Å². The molecular formula is C27H30N4O2. The Labute approximate surface area is 193 Å². The number of carbonyl (C=O) groups is 2. The third kappa shape index (κ3) is 3.75. The van der Waals surface area contributed by atoms with Crippen LogP contribution in [-0.2, 0) is 9.59 Å². The molecule has 2 aromatic rings. The van der Waals surface area contributed by atoms with Crippen molar-refractivity contribution in [2.45, 2.75) is 55.4 Å². The molecule has 0 unspecified atom stereocenters. The van der Waals surface area contributed by atoms with Gasteiger partial charge < -0.3 is 15.3 Å². The molecule has 4 rings (SSSR count). The van der Waals surface area contributed by atoms with Crippen LogP contribution in [0.4, 0.5) is 0 Å². The smallest absolute Gasteiger partial charge is 0.273 e. The predicted molar refractivity (Wildman–Crippen MR) is 133 cm³/mol. The molecule has 0 spiro atoms. The van der Waals surface area contributed by atoms with Gasteiger partial charge in [-0.1, -0.05) is 0 Å². The molecule has 2 aliphatic heterocycles. The number of nitrogens with one attached hydrogen (secondary N) is 3. The summed E-state index contributed by atoms with van der Waals surface area (Å²) in [5, 5.41) is 4.90. The highest BCUT2D eigenvalue weighted by Gasteiger charge is 2.21. The molecule has 170 valence electrons. The van der Waals surface area contributed by atoms with E-state index in [4.69, 9.17) is 0 Å². The van der Waals surface area contributed by atoms with Gasteiger partial charge in [0.05, 0.1) is 5.71 Å². The minimum absolute atomic E-state index is 0.0402. The fourth-order valence-corrected chi connectivity index (χ4v) is 4.07. The van der Waals surface area contributed by atoms with Crippen LogP contribution in [0.1, 0.15) is 61.3 Å². The number of H-pyrrole nitrogens is 2. The van der Waals surface area contributed by atoms with Crippen molar-refractivity contribution >= 4 is 35.8 Å². The molecule has 0 atom stereocenters. The Morgan fingerprint density at radius 3 is 1.70 bits per heavy atom. The molecule has 2 aromatic heterocycles. The summed E-state index contributed by atoms with van der Waals surface area (Å²) in [5.74, 6) is -0.203. The maximum absolute atomic E-state index is 12.0. The average molecular weight is 443 g/mol. The van der Waals surface area contributed by atoms with Crippen LogP contribution in [0.2, 0.25) is 0 Å². The number of allylic oxidation sites excluding steroid dienone is 2. The van der Waals surface area contributed by atoms with Crippen LogP contribution in [0.5, 0.6) is 0 Å². The zero-order chi connectivity index (χ0) is 24.2. The Hall–Kier alpha value is -3.67. The molecule has 6 nitrogen and oxygen atoms in total. The molecule has 4 heterocycles. The SMILES string of the molecule is CC1=C(C)C(/C=c2\[nH]/c(=C/c3[nH]c(/C=C4\NC(=O)C(C)=C4C)c(C)c3C)c(C)c2C)=NC1=O. The lowest BCUT2D eigenvalue weighted by Gasteiger charge is -2.00. The molecule has 2 aliphatic rings. The third-order valence-corrected chi connectivity index (χ3v) is 7.18. The first-order valence-corrected chi connectivity index (χ1v) is 11.1. The molecule has 0 aliphatic carbocycles. The number of nitrogens with zero attached hydrogens (tertiary/aromatic N) is 1. The third-order valence-electron chi connectivity index (χ3n) is 7.18. The predicted octanol–water partition coefficient (Wildman–Crippen LogP) is 3.31. The van der Waals surface area contributed by atoms with Gasteiger partial charge in [-0.3, -0.25) is 9.59 Å². The molecule has 6 heteroatoms. The topological polar surface area (TPSA) is 90.1 Å². The zero-order valence-electron chi connectivity index (χ0n) is 20.5. The summed E-state index contributed by atoms with van der Waals surface area (Å²) in [4.78, 5) is 35.1. The first-order chi connectivity index (χ1) is 15.5. The number of carbonyl (C=O) groups excluding carboxylic acids is 2. The lowest BCUT2D eigenvalue weighted by atomic mass is 10.1. The van der Waals surface area contributed by atoms with E-state index in [-0.39, 0.29) is 11.8 Å². The van der Waals surface area contributed by atoms with Gasteiger partial charge in [-0.2, -0.15) is 0 Å². The average Bonchev–Trinajstić information content (AvgIpc) is 3.38. The lowest BCUT2D eigenvalue weighted by molar-refractivity contribution is -0.116. The number of aromatic nitrogens is 2. The van der Waals surface area contributed by atoms with Gasteiger partial charge in [0.2, 0.25) is 0 Å². The first-order valence-electron chi connectivity index (χ1n) is 11.1. The van der Waals surface area contributed by atoms with Crippen molar-refractivity contribution in [2.24, 2.45) is 4.99 Å². The van der Waals surface area contributed by atoms with Gasteiger partial charge in [-0.05, 0) is 107 Å². The summed E-state index contributed by atoms with van der Waals surface area (Å²) in [6, 6.07) is 0. The zero-order valence-corrected chi connectivity index (χ0v) is 20.5. The van der Waals surface area contributed by atoms with Crippen molar-refractivity contribution in [3.05, 3.63) is 72.3 Å². The van der Waals surface area contributed by atoms with Crippen LogP contribution in [0, 0.1) is 27.7 Å². The molecular weight excluding hydrogens is 412 g/mol. The second kappa shape index (κ2) is 8.03. The molecule has 2 amide bonds. The number of hydrogen-bond acceptors (Lipinski definition) is 2. The minimum atomic E-state index is -0.163. The fraction of sp³-hybridized carbons (Fsp3) is 0.296. The summed E-state index contributed by atoms with van der Waals surface area (Å²) in [6.45, 7) is 15.9. The standard InChI is InChI=1S/C27H30N4O2/c1-12-14(3)22(10-24-16(5)18(7)26(32)30-24)28-20(12)9-21-13(2)15(4)23(29-21)11-25-17(6)19(8)27(33)31-25/h9-11,28-29H,1-8H3,(H,30,32)/b21-9+,23-11-,24-10-. The Morgan fingerprint density at radius 2 is 1.18 bits per heavy atom. The van der Waals surface area contributed by atoms with E-state index >= 15 is 0 Å². The van der Waals surface area contributed by atoms with Crippen molar-refractivity contribution in [3.8, 4) is 0 Å². The van der Waals surface area contributed by atoms with Gasteiger partial charge in [0.25, 0.3) is 11.8 Å². The second-order valence-electron chi connectivity index (χ2n) is 9.01. The highest BCUT2D eigenvalue weighted by Crippen LogP contribution is 2.25. The van der Waals surface area contributed by atoms with Gasteiger partial charge >= 0.3 is 0 Å². The fourth-order valence-electron chi connectivity index (χ4n) is 4.07. The second-order valence-corrected chi connectivity index (χ2v) is 9.01. The van der Waals surface area contributed by atoms with Gasteiger partial charge in [0.15, 0.2) is 0 Å². The summed E-state index contributed by atoms with van der Waals surface area (Å²) >= 11 is 0. The molecule has 0 aromatic carbocycles. The van der Waals surface area contributed by atoms with E-state index in [1.165, 1.54) is 0 Å². The maximum Gasteiger partial charge on any atom is 0.273 e. The Kier molecular flexibility index (Phi) is 5.48. The quantitative estimate of drug-likeness (QED) is 0.681. The van der Waals surface area contributed by atoms with Gasteiger partial charge in [-0.25, -0.2) is 4.99 Å². The molecule has 0 bridgehead atoms. The van der Waals surface area contributed by atoms with E-state index in [9.17, 15) is 9.59 Å². The van der Waals surface area contributed by atoms with Crippen LogP contribution >= 0.6 is 0 Å². The molecule has 0 saturated carbocycles. The Bertz CT molecular complexity index is 1480. The van der Waals surface area contributed by atoms with Crippen LogP contribution in [0.15, 0.2) is 33.0 Å². The van der Waals surface area contributed by atoms with Crippen LogP contribution in [-0.4, -0.2) is 27.5 Å². The van der Waals surface area contributed by atoms with E-state index < -0.39 is 0 Å². The van der Waals surface area contributed by atoms with Gasteiger partial charge in [-0.15, -0.1) is 0 Å². The Balaban J connectivity index is 1.78. The summed E-state index contributed by atoms with van der Waals surface area (Å²) in [7, 11) is 0. The number of rotatable bonds is 3. The van der Waals surface area contributed by atoms with Crippen molar-refractivity contribution in [1.29, 1.82) is 0 Å². The largest absolute Gasteiger partial charge is 0.355 e. The van der Waals surface area contributed by atoms with Crippen molar-refractivity contribution in [1.82, 2.24) is 15.3 Å². The summed E-state index contributed by atoms with van der Waals surface area (Å²) < 4.78 is 0. The Morgan fingerprint density at radius 1 is 0.606 bits per heavy atom. The van der Waals surface area contributed by atoms with Gasteiger partial charge in [0.1, 0.15) is 0 Å². The van der Waals surface area contributed by atoms with Crippen molar-refractivity contribution in [3.63, 3.8) is 0 Å². The lowest BCUT2D eigenvalue weighted by Crippen LogP contribution is -2.15. The van der Waals surface area contributed by atoms with E-state index in [1.54, 1.807) is 0 Å². The summed E-state index contributed by atoms with van der Waals surface area (Å²) in [6.07, 6.45) is 6.06. The van der Waals surface area contributed by atoms with Crippen LogP contribution < -0.4 is 16.0 Å². The number of amides is 2. The van der Waals surface area contributed by atoms with E-state index in [0.717, 1.165) is 66.8 Å². The van der Waals surface area contributed by atoms with Crippen LogP contribution in [0.25, 0.3) is 18.2 Å². The number of hydrogen-bond donors (Lipinski definition) is 3.